The molecule has 21 heavy (non-hydrogen) atoms. The Morgan fingerprint density at radius 3 is 2.57 bits per heavy atom. The summed E-state index contributed by atoms with van der Waals surface area (Å²) in [7, 11) is 0. The van der Waals surface area contributed by atoms with Crippen LogP contribution in [0.3, 0.4) is 0 Å². The van der Waals surface area contributed by atoms with Crippen LogP contribution in [0.4, 0.5) is 0 Å². The van der Waals surface area contributed by atoms with Gasteiger partial charge in [-0.3, -0.25) is 0 Å². The molecule has 0 aliphatic heterocycles. The van der Waals surface area contributed by atoms with Crippen molar-refractivity contribution in [2.24, 2.45) is 0 Å². The smallest absolute Gasteiger partial charge is 0.126 e. The zero-order valence-corrected chi connectivity index (χ0v) is 13.0. The molecular weight excluding hydrogens is 302 g/mol. The van der Waals surface area contributed by atoms with Gasteiger partial charge in [0.1, 0.15) is 11.8 Å². The summed E-state index contributed by atoms with van der Waals surface area (Å²) in [5, 5.41) is 3.56. The third-order valence-corrected chi connectivity index (χ3v) is 4.61. The van der Waals surface area contributed by atoms with Crippen molar-refractivity contribution >= 4 is 22.9 Å². The summed E-state index contributed by atoms with van der Waals surface area (Å²) in [5.74, 6) is 0.918. The lowest BCUT2D eigenvalue weighted by atomic mass is 10.1. The first kappa shape index (κ1) is 14.4. The van der Waals surface area contributed by atoms with Gasteiger partial charge in [-0.05, 0) is 36.2 Å². The Hall–Kier alpha value is -1.55. The molecule has 0 radical (unpaired) electrons. The van der Waals surface area contributed by atoms with Gasteiger partial charge in [-0.2, -0.15) is 0 Å². The number of rotatable bonds is 6. The summed E-state index contributed by atoms with van der Waals surface area (Å²) in [6.45, 7) is 0.880. The zero-order valence-electron chi connectivity index (χ0n) is 11.5. The molecule has 4 heteroatoms. The lowest BCUT2D eigenvalue weighted by Crippen LogP contribution is -2.23. The third-order valence-electron chi connectivity index (χ3n) is 3.31. The molecule has 3 aromatic rings. The SMILES string of the molecule is Clc1ccc(C(NCCc2ccccc2)c2ccco2)s1. The molecular formula is C17H16ClNOS. The molecule has 2 nitrogen and oxygen atoms in total. The maximum atomic E-state index is 6.06. The molecule has 0 saturated carbocycles. The van der Waals surface area contributed by atoms with Crippen molar-refractivity contribution in [2.45, 2.75) is 12.5 Å². The number of hydrogen-bond donors (Lipinski definition) is 1. The van der Waals surface area contributed by atoms with Crippen molar-refractivity contribution < 1.29 is 4.42 Å². The third kappa shape index (κ3) is 3.76. The van der Waals surface area contributed by atoms with Crippen LogP contribution in [-0.4, -0.2) is 6.54 Å². The van der Waals surface area contributed by atoms with E-state index in [4.69, 9.17) is 16.0 Å². The predicted octanol–water partition coefficient (Wildman–Crippen LogP) is 4.92. The number of hydrogen-bond acceptors (Lipinski definition) is 3. The minimum atomic E-state index is 0.0567. The van der Waals surface area contributed by atoms with Crippen molar-refractivity contribution in [3.8, 4) is 0 Å². The van der Waals surface area contributed by atoms with Crippen molar-refractivity contribution in [3.63, 3.8) is 0 Å². The summed E-state index contributed by atoms with van der Waals surface area (Å²) in [4.78, 5) is 1.17. The molecule has 0 bridgehead atoms. The van der Waals surface area contributed by atoms with Gasteiger partial charge in [0.15, 0.2) is 0 Å². The Kier molecular flexibility index (Phi) is 4.76. The van der Waals surface area contributed by atoms with Gasteiger partial charge in [0, 0.05) is 11.4 Å². The van der Waals surface area contributed by atoms with Crippen LogP contribution in [0.25, 0.3) is 0 Å². The summed E-state index contributed by atoms with van der Waals surface area (Å²) >= 11 is 7.64. The highest BCUT2D eigenvalue weighted by molar-refractivity contribution is 7.16. The molecule has 0 amide bonds. The highest BCUT2D eigenvalue weighted by Crippen LogP contribution is 2.31. The Labute approximate surface area is 133 Å². The second-order valence-electron chi connectivity index (χ2n) is 4.78. The molecule has 1 N–H and O–H groups in total. The fraction of sp³-hybridized carbons (Fsp3) is 0.176. The standard InChI is InChI=1S/C17H16ClNOS/c18-16-9-8-15(21-16)17(14-7-4-12-20-14)19-11-10-13-5-2-1-3-6-13/h1-9,12,17,19H,10-11H2. The number of halogens is 1. The fourth-order valence-electron chi connectivity index (χ4n) is 2.29. The van der Waals surface area contributed by atoms with E-state index in [2.05, 4.69) is 35.6 Å². The number of furan rings is 1. The molecule has 1 unspecified atom stereocenters. The number of benzene rings is 1. The first-order valence-electron chi connectivity index (χ1n) is 6.89. The molecule has 1 atom stereocenters. The van der Waals surface area contributed by atoms with Crippen LogP contribution in [0.1, 0.15) is 22.2 Å². The topological polar surface area (TPSA) is 25.2 Å². The van der Waals surface area contributed by atoms with Gasteiger partial charge in [0.25, 0.3) is 0 Å². The highest BCUT2D eigenvalue weighted by Gasteiger charge is 2.18. The largest absolute Gasteiger partial charge is 0.467 e. The molecule has 1 aromatic carbocycles. The minimum Gasteiger partial charge on any atom is -0.467 e. The highest BCUT2D eigenvalue weighted by atomic mass is 35.5. The van der Waals surface area contributed by atoms with Gasteiger partial charge in [-0.1, -0.05) is 41.9 Å². The maximum Gasteiger partial charge on any atom is 0.126 e. The molecule has 3 rings (SSSR count). The van der Waals surface area contributed by atoms with Gasteiger partial charge in [0.2, 0.25) is 0 Å². The van der Waals surface area contributed by atoms with E-state index in [0.717, 1.165) is 23.1 Å². The Bertz CT molecular complexity index is 663. The first-order chi connectivity index (χ1) is 10.3. The van der Waals surface area contributed by atoms with Gasteiger partial charge in [-0.15, -0.1) is 11.3 Å². The minimum absolute atomic E-state index is 0.0567. The van der Waals surface area contributed by atoms with E-state index < -0.39 is 0 Å². The second kappa shape index (κ2) is 6.94. The molecule has 2 heterocycles. The van der Waals surface area contributed by atoms with Crippen LogP contribution in [0.15, 0.2) is 65.3 Å². The average molecular weight is 318 g/mol. The zero-order chi connectivity index (χ0) is 14.5. The van der Waals surface area contributed by atoms with E-state index in [0.29, 0.717) is 0 Å². The van der Waals surface area contributed by atoms with Gasteiger partial charge < -0.3 is 9.73 Å². The van der Waals surface area contributed by atoms with E-state index >= 15 is 0 Å². The normalized spacial score (nSPS) is 12.4. The van der Waals surface area contributed by atoms with Gasteiger partial charge in [0.05, 0.1) is 10.6 Å². The molecule has 0 spiro atoms. The van der Waals surface area contributed by atoms with Gasteiger partial charge in [-0.25, -0.2) is 0 Å². The summed E-state index contributed by atoms with van der Waals surface area (Å²) in [6, 6.07) is 18.4. The van der Waals surface area contributed by atoms with E-state index in [1.165, 1.54) is 10.4 Å². The Morgan fingerprint density at radius 2 is 1.90 bits per heavy atom. The van der Waals surface area contributed by atoms with Crippen LogP contribution in [0.2, 0.25) is 4.34 Å². The number of thiophene rings is 1. The van der Waals surface area contributed by atoms with E-state index in [-0.39, 0.29) is 6.04 Å². The van der Waals surface area contributed by atoms with Crippen molar-refractivity contribution in [2.75, 3.05) is 6.54 Å². The molecule has 2 aromatic heterocycles. The van der Waals surface area contributed by atoms with Crippen LogP contribution in [-0.2, 0) is 6.42 Å². The van der Waals surface area contributed by atoms with Crippen LogP contribution < -0.4 is 5.32 Å². The second-order valence-corrected chi connectivity index (χ2v) is 6.53. The van der Waals surface area contributed by atoms with Gasteiger partial charge >= 0.3 is 0 Å². The van der Waals surface area contributed by atoms with Crippen molar-refractivity contribution in [3.05, 3.63) is 81.4 Å². The quantitative estimate of drug-likeness (QED) is 0.698. The maximum absolute atomic E-state index is 6.06. The molecule has 0 saturated heterocycles. The van der Waals surface area contributed by atoms with Crippen LogP contribution >= 0.6 is 22.9 Å². The molecule has 0 aliphatic carbocycles. The summed E-state index contributed by atoms with van der Waals surface area (Å²) in [5.41, 5.74) is 1.33. The van der Waals surface area contributed by atoms with Crippen molar-refractivity contribution in [1.29, 1.82) is 0 Å². The number of nitrogens with one attached hydrogen (secondary N) is 1. The average Bonchev–Trinajstić information content (AvgIpc) is 3.16. The van der Waals surface area contributed by atoms with Crippen LogP contribution in [0.5, 0.6) is 0 Å². The monoisotopic (exact) mass is 317 g/mol. The van der Waals surface area contributed by atoms with E-state index in [1.54, 1.807) is 17.6 Å². The van der Waals surface area contributed by atoms with E-state index in [9.17, 15) is 0 Å². The first-order valence-corrected chi connectivity index (χ1v) is 8.08. The van der Waals surface area contributed by atoms with Crippen LogP contribution in [0, 0.1) is 0 Å². The summed E-state index contributed by atoms with van der Waals surface area (Å²) in [6.07, 6.45) is 2.69. The lowest BCUT2D eigenvalue weighted by Gasteiger charge is -2.15. The Morgan fingerprint density at radius 1 is 1.05 bits per heavy atom. The fourth-order valence-corrected chi connectivity index (χ4v) is 3.43. The molecule has 108 valence electrons. The molecule has 0 fully saturated rings. The molecule has 0 aliphatic rings. The lowest BCUT2D eigenvalue weighted by molar-refractivity contribution is 0.451. The predicted molar refractivity (Wildman–Crippen MR) is 88.0 cm³/mol. The van der Waals surface area contributed by atoms with Crippen molar-refractivity contribution in [1.82, 2.24) is 5.32 Å². The van der Waals surface area contributed by atoms with E-state index in [1.807, 2.05) is 24.3 Å². The summed E-state index contributed by atoms with van der Waals surface area (Å²) < 4.78 is 6.36. The Balaban J connectivity index is 1.68.